The number of alkyl halides is 3. The van der Waals surface area contributed by atoms with E-state index in [1.54, 1.807) is 11.3 Å². The van der Waals surface area contributed by atoms with E-state index < -0.39 is 11.9 Å². The molecule has 18 heavy (non-hydrogen) atoms. The van der Waals surface area contributed by atoms with Gasteiger partial charge in [-0.05, 0) is 17.5 Å². The van der Waals surface area contributed by atoms with Crippen LogP contribution in [0.3, 0.4) is 0 Å². The summed E-state index contributed by atoms with van der Waals surface area (Å²) in [7, 11) is 0. The number of thiophene rings is 1. The fourth-order valence-corrected chi connectivity index (χ4v) is 2.13. The lowest BCUT2D eigenvalue weighted by Crippen LogP contribution is -2.19. The van der Waals surface area contributed by atoms with Gasteiger partial charge in [-0.3, -0.25) is 4.68 Å². The van der Waals surface area contributed by atoms with Crippen molar-refractivity contribution in [2.24, 2.45) is 0 Å². The molecule has 3 nitrogen and oxygen atoms in total. The van der Waals surface area contributed by atoms with Crippen molar-refractivity contribution < 1.29 is 13.2 Å². The molecular weight excluding hydrogens is 263 g/mol. The molecular formula is C11H12F3N3S. The van der Waals surface area contributed by atoms with Crippen molar-refractivity contribution in [1.29, 1.82) is 0 Å². The van der Waals surface area contributed by atoms with Crippen LogP contribution in [0.5, 0.6) is 0 Å². The summed E-state index contributed by atoms with van der Waals surface area (Å²) in [4.78, 5) is 1.20. The van der Waals surface area contributed by atoms with Gasteiger partial charge < -0.3 is 5.32 Å². The first-order valence-corrected chi connectivity index (χ1v) is 6.27. The molecule has 98 valence electrons. The molecule has 2 aromatic rings. The summed E-state index contributed by atoms with van der Waals surface area (Å²) in [6.07, 6.45) is -3.02. The molecule has 2 aromatic heterocycles. The van der Waals surface area contributed by atoms with Crippen LogP contribution in [-0.4, -0.2) is 16.3 Å². The van der Waals surface area contributed by atoms with E-state index in [1.807, 2.05) is 17.5 Å². The zero-order valence-corrected chi connectivity index (χ0v) is 10.3. The molecule has 0 amide bonds. The van der Waals surface area contributed by atoms with Crippen molar-refractivity contribution in [3.63, 3.8) is 0 Å². The van der Waals surface area contributed by atoms with Gasteiger partial charge in [0.2, 0.25) is 0 Å². The molecule has 0 aliphatic carbocycles. The topological polar surface area (TPSA) is 29.9 Å². The number of nitrogens with zero attached hydrogens (tertiary/aromatic N) is 2. The molecule has 0 unspecified atom stereocenters. The predicted octanol–water partition coefficient (Wildman–Crippen LogP) is 2.75. The van der Waals surface area contributed by atoms with Crippen LogP contribution in [0.15, 0.2) is 29.8 Å². The number of hydrogen-bond acceptors (Lipinski definition) is 3. The molecule has 2 rings (SSSR count). The number of halogens is 3. The second-order valence-corrected chi connectivity index (χ2v) is 4.75. The van der Waals surface area contributed by atoms with E-state index in [1.165, 1.54) is 15.8 Å². The van der Waals surface area contributed by atoms with E-state index in [2.05, 4.69) is 10.4 Å². The monoisotopic (exact) mass is 275 g/mol. The maximum atomic E-state index is 12.3. The lowest BCUT2D eigenvalue weighted by atomic mass is 10.4. The van der Waals surface area contributed by atoms with Gasteiger partial charge in [-0.2, -0.15) is 18.3 Å². The zero-order valence-electron chi connectivity index (χ0n) is 9.44. The molecule has 0 saturated heterocycles. The molecule has 0 bridgehead atoms. The maximum absolute atomic E-state index is 12.3. The summed E-state index contributed by atoms with van der Waals surface area (Å²) >= 11 is 1.64. The van der Waals surface area contributed by atoms with Crippen LogP contribution in [0.2, 0.25) is 0 Å². The zero-order chi connectivity index (χ0) is 13.0. The van der Waals surface area contributed by atoms with E-state index in [9.17, 15) is 13.2 Å². The van der Waals surface area contributed by atoms with Crippen molar-refractivity contribution >= 4 is 11.3 Å². The fraction of sp³-hybridized carbons (Fsp3) is 0.364. The summed E-state index contributed by atoms with van der Waals surface area (Å²) in [5.41, 5.74) is -0.847. The molecule has 0 atom stereocenters. The molecule has 0 aliphatic rings. The Morgan fingerprint density at radius 1 is 1.33 bits per heavy atom. The molecule has 0 spiro atoms. The van der Waals surface area contributed by atoms with Gasteiger partial charge in [0, 0.05) is 24.2 Å². The van der Waals surface area contributed by atoms with E-state index in [0.717, 1.165) is 12.6 Å². The predicted molar refractivity (Wildman–Crippen MR) is 63.3 cm³/mol. The first-order valence-electron chi connectivity index (χ1n) is 5.39. The smallest absolute Gasteiger partial charge is 0.310 e. The number of hydrogen-bond donors (Lipinski definition) is 1. The summed E-state index contributed by atoms with van der Waals surface area (Å²) in [6.45, 7) is 1.73. The van der Waals surface area contributed by atoms with Crippen LogP contribution >= 0.6 is 11.3 Å². The third kappa shape index (κ3) is 3.58. The number of aromatic nitrogens is 2. The van der Waals surface area contributed by atoms with Gasteiger partial charge in [0.05, 0.1) is 6.54 Å². The van der Waals surface area contributed by atoms with Crippen molar-refractivity contribution in [2.45, 2.75) is 19.3 Å². The largest absolute Gasteiger partial charge is 0.435 e. The molecule has 0 radical (unpaired) electrons. The lowest BCUT2D eigenvalue weighted by Gasteiger charge is -2.04. The third-order valence-corrected chi connectivity index (χ3v) is 3.20. The highest BCUT2D eigenvalue weighted by atomic mass is 32.1. The molecule has 0 aromatic carbocycles. The van der Waals surface area contributed by atoms with Crippen LogP contribution in [0.25, 0.3) is 0 Å². The van der Waals surface area contributed by atoms with Crippen LogP contribution < -0.4 is 5.32 Å². The standard InChI is InChI=1S/C11H12F3N3S/c12-11(13,14)10-3-5-17(16-10)6-4-15-8-9-2-1-7-18-9/h1-3,5,7,15H,4,6,8H2. The fourth-order valence-electron chi connectivity index (χ4n) is 1.46. The third-order valence-electron chi connectivity index (χ3n) is 2.33. The molecule has 0 saturated carbocycles. The second-order valence-electron chi connectivity index (χ2n) is 3.72. The minimum atomic E-state index is -4.37. The Bertz CT molecular complexity index is 476. The Labute approximate surface area is 106 Å². The van der Waals surface area contributed by atoms with Gasteiger partial charge in [0.15, 0.2) is 5.69 Å². The van der Waals surface area contributed by atoms with Gasteiger partial charge in [-0.1, -0.05) is 6.07 Å². The van der Waals surface area contributed by atoms with E-state index >= 15 is 0 Å². The number of nitrogens with one attached hydrogen (secondary N) is 1. The lowest BCUT2D eigenvalue weighted by molar-refractivity contribution is -0.141. The van der Waals surface area contributed by atoms with Gasteiger partial charge in [0.1, 0.15) is 0 Å². The summed E-state index contributed by atoms with van der Waals surface area (Å²) in [6, 6.07) is 4.96. The Morgan fingerprint density at radius 2 is 2.17 bits per heavy atom. The van der Waals surface area contributed by atoms with Crippen LogP contribution in [0, 0.1) is 0 Å². The van der Waals surface area contributed by atoms with Crippen LogP contribution in [0.1, 0.15) is 10.6 Å². The molecule has 1 N–H and O–H groups in total. The van der Waals surface area contributed by atoms with E-state index in [-0.39, 0.29) is 0 Å². The van der Waals surface area contributed by atoms with Gasteiger partial charge in [-0.15, -0.1) is 11.3 Å². The first-order chi connectivity index (χ1) is 8.55. The van der Waals surface area contributed by atoms with E-state index in [4.69, 9.17) is 0 Å². The maximum Gasteiger partial charge on any atom is 0.435 e. The SMILES string of the molecule is FC(F)(F)c1ccn(CCNCc2cccs2)n1. The Kier molecular flexibility index (Phi) is 4.03. The quantitative estimate of drug-likeness (QED) is 0.850. The highest BCUT2D eigenvalue weighted by Crippen LogP contribution is 2.27. The molecule has 0 fully saturated rings. The summed E-state index contributed by atoms with van der Waals surface area (Å²) in [5, 5.41) is 8.61. The normalized spacial score (nSPS) is 11.9. The Hall–Kier alpha value is -1.34. The molecule has 7 heteroatoms. The van der Waals surface area contributed by atoms with Crippen LogP contribution in [0.4, 0.5) is 13.2 Å². The van der Waals surface area contributed by atoms with E-state index in [0.29, 0.717) is 13.1 Å². The van der Waals surface area contributed by atoms with Crippen molar-refractivity contribution in [3.8, 4) is 0 Å². The van der Waals surface area contributed by atoms with Gasteiger partial charge >= 0.3 is 6.18 Å². The van der Waals surface area contributed by atoms with Crippen molar-refractivity contribution in [3.05, 3.63) is 40.3 Å². The minimum Gasteiger partial charge on any atom is -0.310 e. The van der Waals surface area contributed by atoms with Crippen molar-refractivity contribution in [1.82, 2.24) is 15.1 Å². The Balaban J connectivity index is 1.75. The van der Waals surface area contributed by atoms with Crippen molar-refractivity contribution in [2.75, 3.05) is 6.54 Å². The summed E-state index contributed by atoms with van der Waals surface area (Å²) < 4.78 is 38.2. The Morgan fingerprint density at radius 3 is 2.78 bits per heavy atom. The minimum absolute atomic E-state index is 0.418. The van der Waals surface area contributed by atoms with Gasteiger partial charge in [-0.25, -0.2) is 0 Å². The van der Waals surface area contributed by atoms with Crippen LogP contribution in [-0.2, 0) is 19.3 Å². The first kappa shape index (κ1) is 13.1. The number of rotatable bonds is 5. The molecule has 0 aliphatic heterocycles. The highest BCUT2D eigenvalue weighted by molar-refractivity contribution is 7.09. The average Bonchev–Trinajstić information content (AvgIpc) is 2.95. The second kappa shape index (κ2) is 5.53. The van der Waals surface area contributed by atoms with Gasteiger partial charge in [0.25, 0.3) is 0 Å². The average molecular weight is 275 g/mol. The highest BCUT2D eigenvalue weighted by Gasteiger charge is 2.33. The summed E-state index contributed by atoms with van der Waals surface area (Å²) in [5.74, 6) is 0. The molecule has 2 heterocycles.